The molecule has 0 saturated carbocycles. The van der Waals surface area contributed by atoms with Gasteiger partial charge in [0.2, 0.25) is 0 Å². The Balaban J connectivity index is 2.26. The van der Waals surface area contributed by atoms with E-state index < -0.39 is 23.5 Å². The molecular weight excluding hydrogens is 393 g/mol. The molecule has 1 aliphatic heterocycles. The van der Waals surface area contributed by atoms with Gasteiger partial charge in [0, 0.05) is 11.6 Å². The number of nitrogens with zero attached hydrogens (tertiary/aromatic N) is 1. The first-order valence-electron chi connectivity index (χ1n) is 8.25. The average Bonchev–Trinajstić information content (AvgIpc) is 3.23. The molecule has 1 fully saturated rings. The minimum atomic E-state index is -0.845. The first kappa shape index (κ1) is 19.3. The molecule has 0 spiro atoms. The zero-order valence-electron chi connectivity index (χ0n) is 14.7. The number of hydrogen-bond acceptors (Lipinski definition) is 5. The molecule has 142 valence electrons. The number of ketones is 1. The molecule has 27 heavy (non-hydrogen) atoms. The number of Topliss-reactive ketones (excluding diaryl/α,β-unsaturated/α-hetero) is 1. The van der Waals surface area contributed by atoms with Crippen molar-refractivity contribution in [1.29, 1.82) is 0 Å². The third-order valence-corrected chi connectivity index (χ3v) is 4.78. The van der Waals surface area contributed by atoms with Crippen molar-refractivity contribution in [1.82, 2.24) is 4.90 Å². The van der Waals surface area contributed by atoms with E-state index >= 15 is 0 Å². The zero-order chi connectivity index (χ0) is 19.7. The molecule has 1 aromatic carbocycles. The highest BCUT2D eigenvalue weighted by molar-refractivity contribution is 6.46. The summed E-state index contributed by atoms with van der Waals surface area (Å²) in [7, 11) is 1.38. The number of likely N-dealkylation sites (tertiary alicyclic amines) is 1. The van der Waals surface area contributed by atoms with E-state index in [1.165, 1.54) is 30.4 Å². The van der Waals surface area contributed by atoms with Crippen LogP contribution in [0.3, 0.4) is 0 Å². The monoisotopic (exact) mass is 409 g/mol. The van der Waals surface area contributed by atoms with Crippen LogP contribution in [0, 0.1) is 0 Å². The molecule has 1 saturated heterocycles. The van der Waals surface area contributed by atoms with Crippen molar-refractivity contribution in [3.8, 4) is 5.75 Å². The molecule has 1 unspecified atom stereocenters. The number of amides is 1. The first-order chi connectivity index (χ1) is 12.9. The van der Waals surface area contributed by atoms with Gasteiger partial charge in [-0.15, -0.1) is 0 Å². The summed E-state index contributed by atoms with van der Waals surface area (Å²) in [5, 5.41) is 11.4. The molecule has 0 radical (unpaired) electrons. The fourth-order valence-electron chi connectivity index (χ4n) is 3.18. The van der Waals surface area contributed by atoms with Crippen LogP contribution >= 0.6 is 23.2 Å². The SMILES string of the molecule is CCCN1C(=O)C(=O)/C(=C(\O)c2cc(Cl)cc(Cl)c2OC)C1c1ccco1. The quantitative estimate of drug-likeness (QED) is 0.448. The Bertz CT molecular complexity index is 920. The van der Waals surface area contributed by atoms with Crippen LogP contribution in [0.4, 0.5) is 0 Å². The van der Waals surface area contributed by atoms with Crippen LogP contribution in [0.2, 0.25) is 10.0 Å². The summed E-state index contributed by atoms with van der Waals surface area (Å²) >= 11 is 12.2. The standard InChI is InChI=1S/C19H17Cl2NO5/c1-3-6-22-15(13-5-4-7-27-13)14(17(24)19(22)25)16(23)11-8-10(20)9-12(21)18(11)26-2/h4-5,7-9,15,23H,3,6H2,1-2H3/b16-14-. The van der Waals surface area contributed by atoms with Crippen LogP contribution in [0.25, 0.3) is 5.76 Å². The maximum absolute atomic E-state index is 12.7. The summed E-state index contributed by atoms with van der Waals surface area (Å²) in [5.41, 5.74) is 0.0288. The number of methoxy groups -OCH3 is 1. The maximum Gasteiger partial charge on any atom is 0.295 e. The predicted molar refractivity (Wildman–Crippen MR) is 101 cm³/mol. The van der Waals surface area contributed by atoms with Crippen LogP contribution in [-0.4, -0.2) is 35.4 Å². The molecule has 0 aliphatic carbocycles. The zero-order valence-corrected chi connectivity index (χ0v) is 16.2. The van der Waals surface area contributed by atoms with Gasteiger partial charge in [0.25, 0.3) is 11.7 Å². The lowest BCUT2D eigenvalue weighted by atomic mass is 9.98. The number of aliphatic hydroxyl groups is 1. The van der Waals surface area contributed by atoms with E-state index in [0.717, 1.165) is 0 Å². The van der Waals surface area contributed by atoms with Crippen molar-refractivity contribution in [3.63, 3.8) is 0 Å². The Labute approximate surface area is 165 Å². The predicted octanol–water partition coefficient (Wildman–Crippen LogP) is 4.43. The van der Waals surface area contributed by atoms with Crippen molar-refractivity contribution < 1.29 is 23.8 Å². The smallest absolute Gasteiger partial charge is 0.295 e. The van der Waals surface area contributed by atoms with Gasteiger partial charge < -0.3 is 19.2 Å². The van der Waals surface area contributed by atoms with E-state index in [0.29, 0.717) is 18.7 Å². The van der Waals surface area contributed by atoms with E-state index in [4.69, 9.17) is 32.4 Å². The number of ether oxygens (including phenoxy) is 1. The molecule has 3 rings (SSSR count). The number of furan rings is 1. The topological polar surface area (TPSA) is 80.0 Å². The summed E-state index contributed by atoms with van der Waals surface area (Å²) in [6.07, 6.45) is 2.08. The van der Waals surface area contributed by atoms with E-state index in [2.05, 4.69) is 0 Å². The second-order valence-electron chi connectivity index (χ2n) is 5.98. The number of carbonyl (C=O) groups excluding carboxylic acids is 2. The highest BCUT2D eigenvalue weighted by atomic mass is 35.5. The molecule has 8 heteroatoms. The van der Waals surface area contributed by atoms with Crippen molar-refractivity contribution in [2.45, 2.75) is 19.4 Å². The Morgan fingerprint density at radius 2 is 2.07 bits per heavy atom. The van der Waals surface area contributed by atoms with Gasteiger partial charge >= 0.3 is 0 Å². The molecule has 0 bridgehead atoms. The van der Waals surface area contributed by atoms with Gasteiger partial charge in [-0.2, -0.15) is 0 Å². The van der Waals surface area contributed by atoms with Crippen LogP contribution in [0.15, 0.2) is 40.5 Å². The van der Waals surface area contributed by atoms with Crippen molar-refractivity contribution in [2.75, 3.05) is 13.7 Å². The fraction of sp³-hybridized carbons (Fsp3) is 0.263. The Kier molecular flexibility index (Phi) is 5.48. The van der Waals surface area contributed by atoms with E-state index in [1.807, 2.05) is 6.92 Å². The lowest BCUT2D eigenvalue weighted by Crippen LogP contribution is -2.30. The summed E-state index contributed by atoms with van der Waals surface area (Å²) in [5.74, 6) is -1.41. The fourth-order valence-corrected chi connectivity index (χ4v) is 3.75. The third-order valence-electron chi connectivity index (χ3n) is 4.28. The maximum atomic E-state index is 12.7. The summed E-state index contributed by atoms with van der Waals surface area (Å²) in [6, 6.07) is 5.33. The van der Waals surface area contributed by atoms with Crippen molar-refractivity contribution in [2.24, 2.45) is 0 Å². The number of carbonyl (C=O) groups is 2. The summed E-state index contributed by atoms with van der Waals surface area (Å²) < 4.78 is 10.7. The van der Waals surface area contributed by atoms with Crippen LogP contribution in [-0.2, 0) is 9.59 Å². The molecule has 6 nitrogen and oxygen atoms in total. The highest BCUT2D eigenvalue weighted by Gasteiger charge is 2.47. The minimum absolute atomic E-state index is 0.0972. The van der Waals surface area contributed by atoms with Gasteiger partial charge in [-0.1, -0.05) is 30.1 Å². The molecule has 2 heterocycles. The lowest BCUT2D eigenvalue weighted by molar-refractivity contribution is -0.140. The summed E-state index contributed by atoms with van der Waals surface area (Å²) in [6.45, 7) is 2.22. The van der Waals surface area contributed by atoms with Gasteiger partial charge in [0.1, 0.15) is 23.3 Å². The highest BCUT2D eigenvalue weighted by Crippen LogP contribution is 2.43. The molecule has 1 aromatic heterocycles. The molecule has 1 amide bonds. The van der Waals surface area contributed by atoms with Gasteiger partial charge in [-0.25, -0.2) is 0 Å². The number of hydrogen-bond donors (Lipinski definition) is 1. The second-order valence-corrected chi connectivity index (χ2v) is 6.82. The van der Waals surface area contributed by atoms with Gasteiger partial charge in [0.15, 0.2) is 0 Å². The first-order valence-corrected chi connectivity index (χ1v) is 9.01. The van der Waals surface area contributed by atoms with Crippen molar-refractivity contribution in [3.05, 3.63) is 57.5 Å². The third kappa shape index (κ3) is 3.31. The molecule has 1 N–H and O–H groups in total. The van der Waals surface area contributed by atoms with Gasteiger partial charge in [-0.05, 0) is 30.7 Å². The number of benzene rings is 1. The Morgan fingerprint density at radius 1 is 1.33 bits per heavy atom. The van der Waals surface area contributed by atoms with Crippen LogP contribution < -0.4 is 4.74 Å². The number of aliphatic hydroxyl groups excluding tert-OH is 1. The largest absolute Gasteiger partial charge is 0.507 e. The van der Waals surface area contributed by atoms with Crippen LogP contribution in [0.1, 0.15) is 30.7 Å². The lowest BCUT2D eigenvalue weighted by Gasteiger charge is -2.22. The number of halogens is 2. The molecule has 2 aromatic rings. The van der Waals surface area contributed by atoms with Gasteiger partial charge in [0.05, 0.1) is 29.5 Å². The van der Waals surface area contributed by atoms with E-state index in [1.54, 1.807) is 12.1 Å². The van der Waals surface area contributed by atoms with E-state index in [-0.39, 0.29) is 26.9 Å². The molecule has 1 aliphatic rings. The summed E-state index contributed by atoms with van der Waals surface area (Å²) in [4.78, 5) is 26.6. The molecular formula is C19H17Cl2NO5. The minimum Gasteiger partial charge on any atom is -0.507 e. The number of rotatable bonds is 5. The Morgan fingerprint density at radius 3 is 2.67 bits per heavy atom. The second kappa shape index (κ2) is 7.66. The van der Waals surface area contributed by atoms with E-state index in [9.17, 15) is 14.7 Å². The normalized spacial score (nSPS) is 19.0. The van der Waals surface area contributed by atoms with Crippen molar-refractivity contribution >= 4 is 40.7 Å². The van der Waals surface area contributed by atoms with Crippen LogP contribution in [0.5, 0.6) is 5.75 Å². The Hall–Kier alpha value is -2.44. The van der Waals surface area contributed by atoms with Gasteiger partial charge in [-0.3, -0.25) is 9.59 Å². The molecule has 1 atom stereocenters. The average molecular weight is 410 g/mol.